The summed E-state index contributed by atoms with van der Waals surface area (Å²) < 4.78 is 5.74. The van der Waals surface area contributed by atoms with Crippen molar-refractivity contribution < 1.29 is 20.4 Å². The third-order valence-corrected chi connectivity index (χ3v) is 4.62. The first-order valence-corrected chi connectivity index (χ1v) is 9.65. The summed E-state index contributed by atoms with van der Waals surface area (Å²) in [6, 6.07) is 6.22. The van der Waals surface area contributed by atoms with E-state index in [2.05, 4.69) is 25.6 Å². The van der Waals surface area contributed by atoms with Crippen LogP contribution < -0.4 is 4.74 Å². The Labute approximate surface area is 166 Å². The summed E-state index contributed by atoms with van der Waals surface area (Å²) in [4.78, 5) is 0. The lowest BCUT2D eigenvalue weighted by Crippen LogP contribution is -2.35. The molecule has 4 nitrogen and oxygen atoms in total. The van der Waals surface area contributed by atoms with Crippen LogP contribution in [-0.4, -0.2) is 34.5 Å². The summed E-state index contributed by atoms with van der Waals surface area (Å²) in [5.74, 6) is 1.77. The van der Waals surface area contributed by atoms with Crippen LogP contribution in [0.1, 0.15) is 71.9 Å². The maximum absolute atomic E-state index is 9.35. The number of rotatable bonds is 5. The minimum absolute atomic E-state index is 0. The zero-order chi connectivity index (χ0) is 20.4. The van der Waals surface area contributed by atoms with Gasteiger partial charge in [-0.2, -0.15) is 0 Å². The number of aryl methyl sites for hydroxylation is 1. The van der Waals surface area contributed by atoms with Gasteiger partial charge in [-0.1, -0.05) is 52.0 Å². The van der Waals surface area contributed by atoms with Gasteiger partial charge in [0.25, 0.3) is 0 Å². The quantitative estimate of drug-likeness (QED) is 0.768. The van der Waals surface area contributed by atoms with Crippen molar-refractivity contribution >= 4 is 6.08 Å². The van der Waals surface area contributed by atoms with Gasteiger partial charge in [0.15, 0.2) is 0 Å². The van der Waals surface area contributed by atoms with Crippen LogP contribution >= 0.6 is 0 Å². The van der Waals surface area contributed by atoms with E-state index in [1.54, 1.807) is 0 Å². The smallest absolute Gasteiger partial charge is 0.126 e. The van der Waals surface area contributed by atoms with Crippen LogP contribution in [0.4, 0.5) is 0 Å². The molecule has 0 saturated heterocycles. The van der Waals surface area contributed by atoms with Gasteiger partial charge in [0.2, 0.25) is 0 Å². The molecule has 1 aromatic rings. The van der Waals surface area contributed by atoms with Crippen molar-refractivity contribution in [2.45, 2.75) is 73.3 Å². The lowest BCUT2D eigenvalue weighted by atomic mass is 9.79. The van der Waals surface area contributed by atoms with E-state index in [4.69, 9.17) is 9.84 Å². The van der Waals surface area contributed by atoms with Crippen LogP contribution in [0.5, 0.6) is 5.75 Å². The van der Waals surface area contributed by atoms with Crippen molar-refractivity contribution in [1.29, 1.82) is 0 Å². The predicted molar refractivity (Wildman–Crippen MR) is 116 cm³/mol. The molecule has 0 heterocycles. The predicted octanol–water partition coefficient (Wildman–Crippen LogP) is 4.79. The van der Waals surface area contributed by atoms with E-state index in [-0.39, 0.29) is 10.9 Å². The Morgan fingerprint density at radius 3 is 2.00 bits per heavy atom. The molecule has 1 saturated carbocycles. The number of aliphatic hydroxyl groups excluding tert-OH is 1. The number of hydrogen-bond donors (Lipinski definition) is 2. The zero-order valence-electron chi connectivity index (χ0n) is 18.4. The van der Waals surface area contributed by atoms with E-state index in [1.165, 1.54) is 18.4 Å². The van der Waals surface area contributed by atoms with Crippen molar-refractivity contribution in [3.8, 4) is 5.75 Å². The maximum Gasteiger partial charge on any atom is 0.126 e. The second kappa shape index (κ2) is 12.9. The molecule has 1 aromatic carbocycles. The van der Waals surface area contributed by atoms with Crippen molar-refractivity contribution in [3.05, 3.63) is 35.9 Å². The normalized spacial score (nSPS) is 13.2. The molecule has 0 aromatic heterocycles. The monoisotopic (exact) mass is 382 g/mol. The zero-order valence-corrected chi connectivity index (χ0v) is 18.4. The Morgan fingerprint density at radius 1 is 1.19 bits per heavy atom. The summed E-state index contributed by atoms with van der Waals surface area (Å²) in [7, 11) is 0. The molecule has 0 bridgehead atoms. The van der Waals surface area contributed by atoms with Crippen molar-refractivity contribution in [2.75, 3.05) is 13.2 Å². The van der Waals surface area contributed by atoms with E-state index < -0.39 is 5.60 Å². The Hall–Kier alpha value is -1.36. The minimum atomic E-state index is -0.562. The van der Waals surface area contributed by atoms with Gasteiger partial charge in [0.1, 0.15) is 5.75 Å². The highest BCUT2D eigenvalue weighted by Gasteiger charge is 2.29. The van der Waals surface area contributed by atoms with E-state index >= 15 is 0 Å². The van der Waals surface area contributed by atoms with Crippen LogP contribution in [0.25, 0.3) is 6.08 Å². The van der Waals surface area contributed by atoms with Crippen LogP contribution in [0.15, 0.2) is 24.8 Å². The van der Waals surface area contributed by atoms with Crippen molar-refractivity contribution in [3.63, 3.8) is 0 Å². The number of aliphatic hydroxyl groups is 2. The van der Waals surface area contributed by atoms with Crippen LogP contribution in [0.3, 0.4) is 0 Å². The molecule has 158 valence electrons. The minimum Gasteiger partial charge on any atom is -0.493 e. The molecular formula is C23H42O4. The largest absolute Gasteiger partial charge is 0.493 e. The van der Waals surface area contributed by atoms with Crippen molar-refractivity contribution in [1.82, 2.24) is 0 Å². The molecule has 4 heteroatoms. The Balaban J connectivity index is 0. The average molecular weight is 383 g/mol. The fourth-order valence-electron chi connectivity index (χ4n) is 1.45. The Bertz CT molecular complexity index is 506. The van der Waals surface area contributed by atoms with Gasteiger partial charge in [-0.15, -0.1) is 0 Å². The first kappa shape index (κ1) is 27.9. The second-order valence-electron chi connectivity index (χ2n) is 8.53. The Morgan fingerprint density at radius 2 is 1.67 bits per heavy atom. The van der Waals surface area contributed by atoms with Gasteiger partial charge >= 0.3 is 0 Å². The highest BCUT2D eigenvalue weighted by molar-refractivity contribution is 5.56. The molecule has 0 radical (unpaired) electrons. The summed E-state index contributed by atoms with van der Waals surface area (Å²) in [5, 5.41) is 17.2. The number of hydrogen-bond acceptors (Lipinski definition) is 3. The topological polar surface area (TPSA) is 81.2 Å². The third-order valence-electron chi connectivity index (χ3n) is 4.62. The van der Waals surface area contributed by atoms with E-state index in [1.807, 2.05) is 53.7 Å². The molecule has 0 spiro atoms. The fourth-order valence-corrected chi connectivity index (χ4v) is 1.45. The number of benzene rings is 1. The van der Waals surface area contributed by atoms with Gasteiger partial charge in [0, 0.05) is 12.2 Å². The summed E-state index contributed by atoms with van der Waals surface area (Å²) >= 11 is 0. The molecule has 4 N–H and O–H groups in total. The maximum atomic E-state index is 9.35. The van der Waals surface area contributed by atoms with Gasteiger partial charge in [-0.3, -0.25) is 0 Å². The van der Waals surface area contributed by atoms with Crippen LogP contribution in [0.2, 0.25) is 0 Å². The highest BCUT2D eigenvalue weighted by Crippen LogP contribution is 2.31. The molecule has 27 heavy (non-hydrogen) atoms. The van der Waals surface area contributed by atoms with E-state index in [0.717, 1.165) is 30.3 Å². The molecular weight excluding hydrogens is 340 g/mol. The molecule has 1 aliphatic carbocycles. The number of ether oxygens (including phenoxy) is 1. The molecule has 2 rings (SSSR count). The van der Waals surface area contributed by atoms with Gasteiger partial charge < -0.3 is 20.4 Å². The average Bonchev–Trinajstić information content (AvgIpc) is 3.37. The molecule has 0 aliphatic heterocycles. The van der Waals surface area contributed by atoms with Crippen LogP contribution in [-0.2, 0) is 0 Å². The first-order chi connectivity index (χ1) is 12.0. The molecule has 1 aliphatic rings. The van der Waals surface area contributed by atoms with Crippen molar-refractivity contribution in [2.24, 2.45) is 11.3 Å². The van der Waals surface area contributed by atoms with E-state index in [9.17, 15) is 5.11 Å². The standard InChI is InChI=1S/C13H16O.C7H16O.C3H8O.H2O/c1-3-12-8-10(2)4-7-13(12)14-9-11-5-6-11;1-6(2,3)7(4,5)8;1-2-3-4;/h3-4,7-8,11H,1,5-6,9H2,2H3;8H,1-5H3;4H,2-3H2,1H3;1H2. The molecule has 0 atom stereocenters. The molecule has 0 unspecified atom stereocenters. The summed E-state index contributed by atoms with van der Waals surface area (Å²) in [5.41, 5.74) is 1.78. The van der Waals surface area contributed by atoms with Crippen LogP contribution in [0, 0.1) is 18.3 Å². The fraction of sp³-hybridized carbons (Fsp3) is 0.652. The summed E-state index contributed by atoms with van der Waals surface area (Å²) in [6.45, 7) is 18.7. The highest BCUT2D eigenvalue weighted by atomic mass is 16.5. The second-order valence-corrected chi connectivity index (χ2v) is 8.53. The summed E-state index contributed by atoms with van der Waals surface area (Å²) in [6.07, 6.45) is 5.39. The Kier molecular flexibility index (Phi) is 13.3. The lowest BCUT2D eigenvalue weighted by Gasteiger charge is -2.33. The van der Waals surface area contributed by atoms with E-state index in [0.29, 0.717) is 6.61 Å². The lowest BCUT2D eigenvalue weighted by molar-refractivity contribution is -0.0238. The van der Waals surface area contributed by atoms with Gasteiger partial charge in [-0.25, -0.2) is 0 Å². The third kappa shape index (κ3) is 12.6. The SMILES string of the molecule is C=Cc1cc(C)ccc1OCC1CC1.CC(C)(C)C(C)(C)O.CCCO.O. The molecule has 0 amide bonds. The van der Waals surface area contributed by atoms with Gasteiger partial charge in [0.05, 0.1) is 12.2 Å². The first-order valence-electron chi connectivity index (χ1n) is 9.65. The van der Waals surface area contributed by atoms with Gasteiger partial charge in [-0.05, 0) is 63.5 Å². The molecule has 1 fully saturated rings.